The second-order valence-electron chi connectivity index (χ2n) is 7.83. The summed E-state index contributed by atoms with van der Waals surface area (Å²) >= 11 is 0. The van der Waals surface area contributed by atoms with Crippen molar-refractivity contribution in [1.29, 1.82) is 0 Å². The van der Waals surface area contributed by atoms with Gasteiger partial charge in [0.2, 0.25) is 0 Å². The minimum atomic E-state index is 0.507. The number of piperidine rings is 2. The highest BCUT2D eigenvalue weighted by Crippen LogP contribution is 2.40. The average molecular weight is 318 g/mol. The molecule has 0 saturated carbocycles. The topological polar surface area (TPSA) is 44.4 Å². The fourth-order valence-corrected chi connectivity index (χ4v) is 4.75. The maximum absolute atomic E-state index is 5.81. The first kappa shape index (κ1) is 15.6. The smallest absolute Gasteiger partial charge is 0.0922 e. The largest absolute Gasteiger partial charge is 0.377 e. The standard InChI is InChI=1S/C18H30N4O/c1-3-17(23-10-1)13-21-8-5-18(6-9-21)4-2-7-22(14-18)12-16-11-19-15-20-16/h11,15,17H,1-10,12-14H2,(H,19,20). The van der Waals surface area contributed by atoms with Crippen LogP contribution in [0, 0.1) is 5.41 Å². The third-order valence-corrected chi connectivity index (χ3v) is 6.09. The van der Waals surface area contributed by atoms with Crippen LogP contribution in [0.25, 0.3) is 0 Å². The molecule has 3 fully saturated rings. The van der Waals surface area contributed by atoms with Crippen LogP contribution < -0.4 is 0 Å². The van der Waals surface area contributed by atoms with Gasteiger partial charge in [0.15, 0.2) is 0 Å². The first-order chi connectivity index (χ1) is 11.3. The second-order valence-corrected chi connectivity index (χ2v) is 7.83. The summed E-state index contributed by atoms with van der Waals surface area (Å²) in [6.45, 7) is 8.19. The molecule has 1 N–H and O–H groups in total. The van der Waals surface area contributed by atoms with Gasteiger partial charge in [-0.1, -0.05) is 0 Å². The Morgan fingerprint density at radius 3 is 2.83 bits per heavy atom. The van der Waals surface area contributed by atoms with Crippen molar-refractivity contribution in [1.82, 2.24) is 19.8 Å². The summed E-state index contributed by atoms with van der Waals surface area (Å²) in [5.74, 6) is 0. The van der Waals surface area contributed by atoms with Gasteiger partial charge in [-0.05, 0) is 63.6 Å². The molecule has 1 spiro atoms. The lowest BCUT2D eigenvalue weighted by atomic mass is 9.72. The SMILES string of the molecule is c1ncc(CN2CCCC3(CCN(CC4CCCO4)CC3)C2)[nH]1. The maximum atomic E-state index is 5.81. The summed E-state index contributed by atoms with van der Waals surface area (Å²) in [7, 11) is 0. The summed E-state index contributed by atoms with van der Waals surface area (Å²) in [6, 6.07) is 0. The van der Waals surface area contributed by atoms with E-state index in [1.807, 2.05) is 6.20 Å². The van der Waals surface area contributed by atoms with E-state index in [9.17, 15) is 0 Å². The normalized spacial score (nSPS) is 29.3. The molecule has 1 unspecified atom stereocenters. The van der Waals surface area contributed by atoms with Crippen molar-refractivity contribution in [2.24, 2.45) is 5.41 Å². The van der Waals surface area contributed by atoms with Crippen molar-refractivity contribution in [2.45, 2.75) is 51.2 Å². The van der Waals surface area contributed by atoms with Gasteiger partial charge in [-0.25, -0.2) is 4.98 Å². The molecule has 5 heteroatoms. The molecule has 0 bridgehead atoms. The van der Waals surface area contributed by atoms with Crippen LogP contribution in [0.4, 0.5) is 0 Å². The molecule has 4 heterocycles. The Morgan fingerprint density at radius 2 is 2.09 bits per heavy atom. The Morgan fingerprint density at radius 1 is 1.17 bits per heavy atom. The van der Waals surface area contributed by atoms with Crippen molar-refractivity contribution in [3.05, 3.63) is 18.2 Å². The lowest BCUT2D eigenvalue weighted by Gasteiger charge is -2.48. The summed E-state index contributed by atoms with van der Waals surface area (Å²) in [4.78, 5) is 12.7. The molecule has 4 rings (SSSR count). The molecule has 3 aliphatic heterocycles. The summed E-state index contributed by atoms with van der Waals surface area (Å²) in [5, 5.41) is 0. The quantitative estimate of drug-likeness (QED) is 0.925. The van der Waals surface area contributed by atoms with E-state index in [1.54, 1.807) is 6.33 Å². The van der Waals surface area contributed by atoms with Crippen molar-refractivity contribution in [3.63, 3.8) is 0 Å². The molecule has 1 aromatic heterocycles. The summed E-state index contributed by atoms with van der Waals surface area (Å²) in [5.41, 5.74) is 1.81. The molecule has 1 aromatic rings. The average Bonchev–Trinajstić information content (AvgIpc) is 3.24. The molecule has 1 atom stereocenters. The molecule has 128 valence electrons. The zero-order valence-electron chi connectivity index (χ0n) is 14.2. The van der Waals surface area contributed by atoms with Gasteiger partial charge in [0, 0.05) is 38.1 Å². The number of H-pyrrole nitrogens is 1. The first-order valence-corrected chi connectivity index (χ1v) is 9.35. The van der Waals surface area contributed by atoms with Gasteiger partial charge in [0.05, 0.1) is 12.4 Å². The number of nitrogens with zero attached hydrogens (tertiary/aromatic N) is 3. The third kappa shape index (κ3) is 3.78. The van der Waals surface area contributed by atoms with E-state index in [1.165, 1.54) is 70.4 Å². The molecular formula is C18H30N4O. The molecular weight excluding hydrogens is 288 g/mol. The number of hydrogen-bond donors (Lipinski definition) is 1. The van der Waals surface area contributed by atoms with Gasteiger partial charge in [0.1, 0.15) is 0 Å². The van der Waals surface area contributed by atoms with Crippen LogP contribution in [0.1, 0.15) is 44.2 Å². The number of aromatic nitrogens is 2. The van der Waals surface area contributed by atoms with Crippen LogP contribution >= 0.6 is 0 Å². The van der Waals surface area contributed by atoms with Gasteiger partial charge in [-0.2, -0.15) is 0 Å². The zero-order valence-corrected chi connectivity index (χ0v) is 14.2. The van der Waals surface area contributed by atoms with Gasteiger partial charge >= 0.3 is 0 Å². The van der Waals surface area contributed by atoms with E-state index in [4.69, 9.17) is 4.74 Å². The van der Waals surface area contributed by atoms with Crippen LogP contribution in [0.3, 0.4) is 0 Å². The number of ether oxygens (including phenoxy) is 1. The van der Waals surface area contributed by atoms with Crippen LogP contribution in [0.2, 0.25) is 0 Å². The number of imidazole rings is 1. The number of likely N-dealkylation sites (tertiary alicyclic amines) is 2. The Bertz CT molecular complexity index is 475. The van der Waals surface area contributed by atoms with E-state index in [2.05, 4.69) is 19.8 Å². The fourth-order valence-electron chi connectivity index (χ4n) is 4.75. The van der Waals surface area contributed by atoms with Crippen molar-refractivity contribution in [3.8, 4) is 0 Å². The third-order valence-electron chi connectivity index (χ3n) is 6.09. The minimum Gasteiger partial charge on any atom is -0.377 e. The highest BCUT2D eigenvalue weighted by Gasteiger charge is 2.38. The molecule has 0 aromatic carbocycles. The van der Waals surface area contributed by atoms with E-state index < -0.39 is 0 Å². The van der Waals surface area contributed by atoms with E-state index in [-0.39, 0.29) is 0 Å². The molecule has 0 amide bonds. The molecule has 3 saturated heterocycles. The predicted octanol–water partition coefficient (Wildman–Crippen LogP) is 2.27. The molecule has 5 nitrogen and oxygen atoms in total. The highest BCUT2D eigenvalue weighted by atomic mass is 16.5. The van der Waals surface area contributed by atoms with Gasteiger partial charge in [0.25, 0.3) is 0 Å². The van der Waals surface area contributed by atoms with E-state index in [0.29, 0.717) is 11.5 Å². The second kappa shape index (κ2) is 6.91. The number of hydrogen-bond acceptors (Lipinski definition) is 4. The van der Waals surface area contributed by atoms with Crippen LogP contribution in [-0.4, -0.2) is 65.2 Å². The van der Waals surface area contributed by atoms with Gasteiger partial charge in [-0.3, -0.25) is 4.90 Å². The van der Waals surface area contributed by atoms with Gasteiger partial charge < -0.3 is 14.6 Å². The Hall–Kier alpha value is -0.910. The maximum Gasteiger partial charge on any atom is 0.0922 e. The predicted molar refractivity (Wildman–Crippen MR) is 90.2 cm³/mol. The van der Waals surface area contributed by atoms with Crippen molar-refractivity contribution < 1.29 is 4.74 Å². The number of aromatic amines is 1. The first-order valence-electron chi connectivity index (χ1n) is 9.35. The lowest BCUT2D eigenvalue weighted by Crippen LogP contribution is -2.50. The minimum absolute atomic E-state index is 0.507. The van der Waals surface area contributed by atoms with Crippen molar-refractivity contribution in [2.75, 3.05) is 39.3 Å². The summed E-state index contributed by atoms with van der Waals surface area (Å²) < 4.78 is 5.81. The van der Waals surface area contributed by atoms with Crippen LogP contribution in [0.15, 0.2) is 12.5 Å². The Labute approximate surface area is 139 Å². The van der Waals surface area contributed by atoms with Crippen molar-refractivity contribution >= 4 is 0 Å². The Kier molecular flexibility index (Phi) is 4.69. The fraction of sp³-hybridized carbons (Fsp3) is 0.833. The van der Waals surface area contributed by atoms with Crippen LogP contribution in [-0.2, 0) is 11.3 Å². The van der Waals surface area contributed by atoms with E-state index >= 15 is 0 Å². The molecule has 3 aliphatic rings. The molecule has 23 heavy (non-hydrogen) atoms. The number of rotatable bonds is 4. The number of nitrogens with one attached hydrogen (secondary N) is 1. The monoisotopic (exact) mass is 318 g/mol. The Balaban J connectivity index is 1.28. The van der Waals surface area contributed by atoms with Gasteiger partial charge in [-0.15, -0.1) is 0 Å². The molecule has 0 aliphatic carbocycles. The van der Waals surface area contributed by atoms with Crippen LogP contribution in [0.5, 0.6) is 0 Å². The van der Waals surface area contributed by atoms with E-state index in [0.717, 1.165) is 19.7 Å². The molecule has 0 radical (unpaired) electrons. The lowest BCUT2D eigenvalue weighted by molar-refractivity contribution is 0.00202. The highest BCUT2D eigenvalue weighted by molar-refractivity contribution is 4.97. The summed E-state index contributed by atoms with van der Waals surface area (Å²) in [6.07, 6.45) is 12.3. The zero-order chi connectivity index (χ0) is 15.5.